The van der Waals surface area contributed by atoms with E-state index in [4.69, 9.17) is 0 Å². The summed E-state index contributed by atoms with van der Waals surface area (Å²) in [6.07, 6.45) is 8.63. The Labute approximate surface area is 147 Å². The number of fused-ring (bicyclic) bond motifs is 1. The molecule has 1 N–H and O–H groups in total. The van der Waals surface area contributed by atoms with Crippen molar-refractivity contribution in [3.63, 3.8) is 0 Å². The predicted molar refractivity (Wildman–Crippen MR) is 99.2 cm³/mol. The summed E-state index contributed by atoms with van der Waals surface area (Å²) in [5.41, 5.74) is 2.67. The number of carbonyl (C=O) groups excluding carboxylic acids is 1. The van der Waals surface area contributed by atoms with Crippen LogP contribution >= 0.6 is 11.8 Å². The van der Waals surface area contributed by atoms with E-state index < -0.39 is 0 Å². The quantitative estimate of drug-likeness (QED) is 0.843. The molecule has 128 valence electrons. The SMILES string of the molecule is Cc1nc2ccccc2nc1SCC(=O)NC1CCCCCCC1. The number of nitrogens with zero attached hydrogens (tertiary/aromatic N) is 2. The molecular weight excluding hydrogens is 318 g/mol. The highest BCUT2D eigenvalue weighted by molar-refractivity contribution is 7.99. The molecule has 0 spiro atoms. The molecule has 1 amide bonds. The Morgan fingerprint density at radius 2 is 1.71 bits per heavy atom. The fraction of sp³-hybridized carbons (Fsp3) is 0.526. The van der Waals surface area contributed by atoms with Gasteiger partial charge in [-0.1, -0.05) is 56.0 Å². The van der Waals surface area contributed by atoms with Crippen molar-refractivity contribution in [1.82, 2.24) is 15.3 Å². The molecule has 1 aliphatic rings. The van der Waals surface area contributed by atoms with Crippen molar-refractivity contribution in [2.24, 2.45) is 0 Å². The number of aryl methyl sites for hydroxylation is 1. The summed E-state index contributed by atoms with van der Waals surface area (Å²) in [4.78, 5) is 21.5. The lowest BCUT2D eigenvalue weighted by Crippen LogP contribution is -2.36. The minimum Gasteiger partial charge on any atom is -0.353 e. The van der Waals surface area contributed by atoms with Crippen LogP contribution in [0, 0.1) is 6.92 Å². The summed E-state index contributed by atoms with van der Waals surface area (Å²) in [7, 11) is 0. The Morgan fingerprint density at radius 3 is 2.42 bits per heavy atom. The van der Waals surface area contributed by atoms with E-state index in [0.717, 1.165) is 34.6 Å². The molecule has 24 heavy (non-hydrogen) atoms. The lowest BCUT2D eigenvalue weighted by Gasteiger charge is -2.21. The molecule has 1 aliphatic carbocycles. The van der Waals surface area contributed by atoms with Crippen molar-refractivity contribution in [2.45, 2.75) is 62.9 Å². The third-order valence-electron chi connectivity index (χ3n) is 4.51. The number of para-hydroxylation sites is 2. The molecule has 1 aromatic heterocycles. The van der Waals surface area contributed by atoms with Crippen LogP contribution in [0.1, 0.15) is 50.6 Å². The molecule has 0 atom stereocenters. The summed E-state index contributed by atoms with van der Waals surface area (Å²) in [6.45, 7) is 1.95. The van der Waals surface area contributed by atoms with Crippen molar-refractivity contribution >= 4 is 28.7 Å². The average molecular weight is 343 g/mol. The normalized spacial score (nSPS) is 16.5. The lowest BCUT2D eigenvalue weighted by molar-refractivity contribution is -0.119. The van der Waals surface area contributed by atoms with Gasteiger partial charge in [0.25, 0.3) is 0 Å². The van der Waals surface area contributed by atoms with E-state index in [-0.39, 0.29) is 5.91 Å². The maximum atomic E-state index is 12.3. The molecule has 1 fully saturated rings. The average Bonchev–Trinajstić information content (AvgIpc) is 2.55. The third-order valence-corrected chi connectivity index (χ3v) is 5.58. The molecule has 4 nitrogen and oxygen atoms in total. The third kappa shape index (κ3) is 4.69. The molecule has 1 saturated carbocycles. The summed E-state index contributed by atoms with van der Waals surface area (Å²) in [6, 6.07) is 8.20. The molecule has 5 heteroatoms. The monoisotopic (exact) mass is 343 g/mol. The minimum absolute atomic E-state index is 0.111. The van der Waals surface area contributed by atoms with E-state index in [1.807, 2.05) is 31.2 Å². The highest BCUT2D eigenvalue weighted by Crippen LogP contribution is 2.22. The molecular formula is C19H25N3OS. The Hall–Kier alpha value is -1.62. The summed E-state index contributed by atoms with van der Waals surface area (Å²) in [5.74, 6) is 0.518. The van der Waals surface area contributed by atoms with Crippen molar-refractivity contribution < 1.29 is 4.79 Å². The fourth-order valence-electron chi connectivity index (χ4n) is 3.21. The molecule has 0 bridgehead atoms. The van der Waals surface area contributed by atoms with Gasteiger partial charge < -0.3 is 5.32 Å². The molecule has 0 unspecified atom stereocenters. The molecule has 0 radical (unpaired) electrons. The Kier molecular flexibility index (Phi) is 6.07. The smallest absolute Gasteiger partial charge is 0.230 e. The second-order valence-corrected chi connectivity index (χ2v) is 7.47. The molecule has 0 saturated heterocycles. The van der Waals surface area contributed by atoms with E-state index in [2.05, 4.69) is 15.3 Å². The number of nitrogens with one attached hydrogen (secondary N) is 1. The first-order valence-corrected chi connectivity index (χ1v) is 9.86. The minimum atomic E-state index is 0.111. The van der Waals surface area contributed by atoms with E-state index in [0.29, 0.717) is 11.8 Å². The standard InChI is InChI=1S/C19H25N3OS/c1-14-19(22-17-12-8-7-11-16(17)20-14)24-13-18(23)21-15-9-5-3-2-4-6-10-15/h7-8,11-12,15H,2-6,9-10,13H2,1H3,(H,21,23). The molecule has 0 aliphatic heterocycles. The zero-order valence-corrected chi connectivity index (χ0v) is 15.1. The van der Waals surface area contributed by atoms with Gasteiger partial charge in [0.15, 0.2) is 0 Å². The van der Waals surface area contributed by atoms with E-state index >= 15 is 0 Å². The van der Waals surface area contributed by atoms with Crippen LogP contribution in [0.4, 0.5) is 0 Å². The van der Waals surface area contributed by atoms with Gasteiger partial charge in [0.1, 0.15) is 5.03 Å². The van der Waals surface area contributed by atoms with Crippen LogP contribution in [-0.4, -0.2) is 27.7 Å². The molecule has 1 aromatic carbocycles. The van der Waals surface area contributed by atoms with Crippen molar-refractivity contribution in [2.75, 3.05) is 5.75 Å². The number of rotatable bonds is 4. The first-order valence-electron chi connectivity index (χ1n) is 8.88. The molecule has 2 aromatic rings. The van der Waals surface area contributed by atoms with Gasteiger partial charge in [0.05, 0.1) is 22.5 Å². The topological polar surface area (TPSA) is 54.9 Å². The van der Waals surface area contributed by atoms with Gasteiger partial charge in [-0.25, -0.2) is 9.97 Å². The van der Waals surface area contributed by atoms with Gasteiger partial charge in [-0.05, 0) is 31.9 Å². The molecule has 1 heterocycles. The number of aromatic nitrogens is 2. The summed E-state index contributed by atoms with van der Waals surface area (Å²) >= 11 is 1.48. The Bertz CT molecular complexity index is 696. The van der Waals surface area contributed by atoms with Gasteiger partial charge in [-0.2, -0.15) is 0 Å². The number of amides is 1. The largest absolute Gasteiger partial charge is 0.353 e. The van der Waals surface area contributed by atoms with E-state index in [1.165, 1.54) is 43.9 Å². The maximum absolute atomic E-state index is 12.3. The highest BCUT2D eigenvalue weighted by Gasteiger charge is 2.15. The highest BCUT2D eigenvalue weighted by atomic mass is 32.2. The summed E-state index contributed by atoms with van der Waals surface area (Å²) < 4.78 is 0. The van der Waals surface area contributed by atoms with Crippen LogP contribution in [0.5, 0.6) is 0 Å². The lowest BCUT2D eigenvalue weighted by atomic mass is 9.97. The van der Waals surface area contributed by atoms with Gasteiger partial charge in [0, 0.05) is 6.04 Å². The summed E-state index contributed by atoms with van der Waals surface area (Å²) in [5, 5.41) is 4.05. The first kappa shape index (κ1) is 17.2. The zero-order chi connectivity index (χ0) is 16.8. The molecule has 3 rings (SSSR count). The van der Waals surface area contributed by atoms with Crippen LogP contribution < -0.4 is 5.32 Å². The van der Waals surface area contributed by atoms with E-state index in [1.54, 1.807) is 0 Å². The van der Waals surface area contributed by atoms with Gasteiger partial charge in [-0.3, -0.25) is 4.79 Å². The van der Waals surface area contributed by atoms with Crippen LogP contribution in [0.2, 0.25) is 0 Å². The number of benzene rings is 1. The second-order valence-electron chi connectivity index (χ2n) is 6.50. The van der Waals surface area contributed by atoms with Gasteiger partial charge in [0.2, 0.25) is 5.91 Å². The number of carbonyl (C=O) groups is 1. The van der Waals surface area contributed by atoms with Crippen LogP contribution in [0.3, 0.4) is 0 Å². The number of thioether (sulfide) groups is 1. The number of hydrogen-bond donors (Lipinski definition) is 1. The van der Waals surface area contributed by atoms with Crippen molar-refractivity contribution in [1.29, 1.82) is 0 Å². The fourth-order valence-corrected chi connectivity index (χ4v) is 3.98. The Balaban J connectivity index is 1.56. The zero-order valence-electron chi connectivity index (χ0n) is 14.3. The van der Waals surface area contributed by atoms with Crippen LogP contribution in [0.15, 0.2) is 29.3 Å². The second kappa shape index (κ2) is 8.47. The Morgan fingerprint density at radius 1 is 1.08 bits per heavy atom. The first-order chi connectivity index (χ1) is 11.7. The van der Waals surface area contributed by atoms with E-state index in [9.17, 15) is 4.79 Å². The van der Waals surface area contributed by atoms with Gasteiger partial charge in [-0.15, -0.1) is 0 Å². The number of hydrogen-bond acceptors (Lipinski definition) is 4. The maximum Gasteiger partial charge on any atom is 0.230 e. The predicted octanol–water partition coefficient (Wildman–Crippen LogP) is 4.26. The van der Waals surface area contributed by atoms with Crippen LogP contribution in [0.25, 0.3) is 11.0 Å². The van der Waals surface area contributed by atoms with Crippen molar-refractivity contribution in [3.05, 3.63) is 30.0 Å². The van der Waals surface area contributed by atoms with Crippen LogP contribution in [-0.2, 0) is 4.79 Å². The van der Waals surface area contributed by atoms with Crippen molar-refractivity contribution in [3.8, 4) is 0 Å². The van der Waals surface area contributed by atoms with Gasteiger partial charge >= 0.3 is 0 Å².